The van der Waals surface area contributed by atoms with E-state index in [1.165, 1.54) is 0 Å². The van der Waals surface area contributed by atoms with Gasteiger partial charge in [-0.15, -0.1) is 0 Å². The Hall–Kier alpha value is -1.10. The number of rotatable bonds is 3. The molecule has 0 aromatic carbocycles. The van der Waals surface area contributed by atoms with Crippen molar-refractivity contribution in [3.05, 3.63) is 0 Å². The summed E-state index contributed by atoms with van der Waals surface area (Å²) in [4.78, 5) is 24.7. The number of piperidine rings is 1. The summed E-state index contributed by atoms with van der Waals surface area (Å²) in [5, 5.41) is 3.07. The minimum absolute atomic E-state index is 0.0133. The third-order valence-electron chi connectivity index (χ3n) is 2.78. The number of ether oxygens (including phenoxy) is 1. The van der Waals surface area contributed by atoms with Gasteiger partial charge in [0, 0.05) is 20.6 Å². The Bertz CT molecular complexity index is 258. The summed E-state index contributed by atoms with van der Waals surface area (Å²) in [7, 11) is 3.50. The van der Waals surface area contributed by atoms with Crippen LogP contribution in [0.5, 0.6) is 0 Å². The molecule has 1 amide bonds. The quantitative estimate of drug-likeness (QED) is 0.691. The molecule has 0 radical (unpaired) electrons. The van der Waals surface area contributed by atoms with Gasteiger partial charge in [-0.1, -0.05) is 0 Å². The second-order valence-corrected chi connectivity index (χ2v) is 4.22. The number of esters is 1. The number of hydrogen-bond acceptors (Lipinski definition) is 4. The van der Waals surface area contributed by atoms with E-state index in [1.807, 2.05) is 0 Å². The van der Waals surface area contributed by atoms with Crippen molar-refractivity contribution in [2.24, 2.45) is 5.92 Å². The average Bonchev–Trinajstić information content (AvgIpc) is 2.28. The maximum Gasteiger partial charge on any atom is 0.323 e. The fraction of sp³-hybridized carbons (Fsp3) is 0.818. The van der Waals surface area contributed by atoms with Crippen molar-refractivity contribution in [2.45, 2.75) is 25.8 Å². The van der Waals surface area contributed by atoms with Crippen LogP contribution in [0.2, 0.25) is 0 Å². The van der Waals surface area contributed by atoms with E-state index in [2.05, 4.69) is 5.32 Å². The molecule has 1 fully saturated rings. The van der Waals surface area contributed by atoms with Crippen molar-refractivity contribution < 1.29 is 14.3 Å². The number of amides is 1. The van der Waals surface area contributed by atoms with E-state index < -0.39 is 0 Å². The maximum absolute atomic E-state index is 11.7. The van der Waals surface area contributed by atoms with Gasteiger partial charge in [0.05, 0.1) is 12.5 Å². The lowest BCUT2D eigenvalue weighted by Gasteiger charge is -2.29. The van der Waals surface area contributed by atoms with Crippen LogP contribution in [0.1, 0.15) is 19.8 Å². The van der Waals surface area contributed by atoms with Crippen molar-refractivity contribution in [3.63, 3.8) is 0 Å². The molecule has 2 atom stereocenters. The zero-order valence-corrected chi connectivity index (χ0v) is 10.2. The molecule has 2 unspecified atom stereocenters. The van der Waals surface area contributed by atoms with Crippen LogP contribution in [-0.2, 0) is 14.3 Å². The Morgan fingerprint density at radius 1 is 1.38 bits per heavy atom. The predicted molar refractivity (Wildman–Crippen MR) is 59.8 cm³/mol. The Morgan fingerprint density at radius 3 is 2.50 bits per heavy atom. The molecule has 0 aromatic heterocycles. The van der Waals surface area contributed by atoms with Crippen molar-refractivity contribution in [2.75, 3.05) is 27.2 Å². The van der Waals surface area contributed by atoms with E-state index in [4.69, 9.17) is 4.74 Å². The standard InChI is InChI=1S/C11H20N2O3/c1-4-16-11(15)9-6-5-8(7-12-9)10(14)13(2)3/h8-9,12H,4-7H2,1-3H3. The molecule has 1 aliphatic rings. The molecule has 1 N–H and O–H groups in total. The second-order valence-electron chi connectivity index (χ2n) is 4.22. The molecule has 0 saturated carbocycles. The van der Waals surface area contributed by atoms with Gasteiger partial charge in [0.2, 0.25) is 5.91 Å². The first-order valence-electron chi connectivity index (χ1n) is 5.67. The zero-order valence-electron chi connectivity index (χ0n) is 10.2. The Balaban J connectivity index is 2.39. The predicted octanol–water partition coefficient (Wildman–Crippen LogP) is 0.00590. The number of carbonyl (C=O) groups is 2. The van der Waals surface area contributed by atoms with Crippen LogP contribution < -0.4 is 5.32 Å². The summed E-state index contributed by atoms with van der Waals surface area (Å²) in [6.45, 7) is 2.75. The number of nitrogens with zero attached hydrogens (tertiary/aromatic N) is 1. The first-order valence-corrected chi connectivity index (χ1v) is 5.67. The van der Waals surface area contributed by atoms with Gasteiger partial charge in [0.25, 0.3) is 0 Å². The lowest BCUT2D eigenvalue weighted by Crippen LogP contribution is -2.48. The van der Waals surface area contributed by atoms with Crippen molar-refractivity contribution in [3.8, 4) is 0 Å². The Labute approximate surface area is 96.1 Å². The van der Waals surface area contributed by atoms with Crippen LogP contribution in [0, 0.1) is 5.92 Å². The molecule has 0 aliphatic carbocycles. The summed E-state index contributed by atoms with van der Waals surface area (Å²) in [6, 6.07) is -0.244. The normalized spacial score (nSPS) is 24.9. The van der Waals surface area contributed by atoms with E-state index >= 15 is 0 Å². The minimum Gasteiger partial charge on any atom is -0.465 e. The van der Waals surface area contributed by atoms with E-state index in [9.17, 15) is 9.59 Å². The highest BCUT2D eigenvalue weighted by Crippen LogP contribution is 2.16. The van der Waals surface area contributed by atoms with Crippen LogP contribution in [0.4, 0.5) is 0 Å². The molecule has 0 aromatic rings. The van der Waals surface area contributed by atoms with Gasteiger partial charge in [-0.25, -0.2) is 0 Å². The molecule has 1 saturated heterocycles. The number of nitrogens with one attached hydrogen (secondary N) is 1. The summed E-state index contributed by atoms with van der Waals surface area (Å²) >= 11 is 0. The molecule has 1 heterocycles. The first-order chi connectivity index (χ1) is 7.56. The summed E-state index contributed by atoms with van der Waals surface area (Å²) < 4.78 is 4.93. The van der Waals surface area contributed by atoms with Crippen molar-refractivity contribution >= 4 is 11.9 Å². The average molecular weight is 228 g/mol. The summed E-state index contributed by atoms with van der Waals surface area (Å²) in [5.41, 5.74) is 0. The molecule has 1 rings (SSSR count). The molecular weight excluding hydrogens is 208 g/mol. The third kappa shape index (κ3) is 3.20. The zero-order chi connectivity index (χ0) is 12.1. The lowest BCUT2D eigenvalue weighted by molar-refractivity contribution is -0.147. The second kappa shape index (κ2) is 5.84. The molecule has 16 heavy (non-hydrogen) atoms. The van der Waals surface area contributed by atoms with Crippen LogP contribution in [-0.4, -0.2) is 50.1 Å². The minimum atomic E-state index is -0.244. The number of hydrogen-bond donors (Lipinski definition) is 1. The summed E-state index contributed by atoms with van der Waals surface area (Å²) in [5.74, 6) is -0.103. The molecule has 0 bridgehead atoms. The van der Waals surface area contributed by atoms with Gasteiger partial charge >= 0.3 is 5.97 Å². The largest absolute Gasteiger partial charge is 0.465 e. The SMILES string of the molecule is CCOC(=O)C1CCC(C(=O)N(C)C)CN1. The van der Waals surface area contributed by atoms with Gasteiger partial charge in [-0.05, 0) is 19.8 Å². The highest BCUT2D eigenvalue weighted by Gasteiger charge is 2.30. The van der Waals surface area contributed by atoms with Crippen LogP contribution in [0.15, 0.2) is 0 Å². The maximum atomic E-state index is 11.7. The van der Waals surface area contributed by atoms with Gasteiger partial charge in [0.1, 0.15) is 6.04 Å². The molecule has 92 valence electrons. The van der Waals surface area contributed by atoms with Crippen LogP contribution >= 0.6 is 0 Å². The fourth-order valence-corrected chi connectivity index (χ4v) is 1.88. The Kier molecular flexibility index (Phi) is 4.73. The van der Waals surface area contributed by atoms with E-state index in [1.54, 1.807) is 25.9 Å². The van der Waals surface area contributed by atoms with E-state index in [-0.39, 0.29) is 23.8 Å². The smallest absolute Gasteiger partial charge is 0.323 e. The highest BCUT2D eigenvalue weighted by molar-refractivity contribution is 5.80. The number of carbonyl (C=O) groups excluding carboxylic acids is 2. The first kappa shape index (κ1) is 13.0. The van der Waals surface area contributed by atoms with Crippen molar-refractivity contribution in [1.29, 1.82) is 0 Å². The monoisotopic (exact) mass is 228 g/mol. The molecule has 0 spiro atoms. The molecular formula is C11H20N2O3. The van der Waals surface area contributed by atoms with Gasteiger partial charge in [0.15, 0.2) is 0 Å². The third-order valence-corrected chi connectivity index (χ3v) is 2.78. The van der Waals surface area contributed by atoms with Crippen molar-refractivity contribution in [1.82, 2.24) is 10.2 Å². The topological polar surface area (TPSA) is 58.6 Å². The van der Waals surface area contributed by atoms with Crippen LogP contribution in [0.25, 0.3) is 0 Å². The molecule has 1 aliphatic heterocycles. The summed E-state index contributed by atoms with van der Waals surface area (Å²) in [6.07, 6.45) is 1.41. The molecule has 5 nitrogen and oxygen atoms in total. The van der Waals surface area contributed by atoms with E-state index in [0.29, 0.717) is 19.6 Å². The van der Waals surface area contributed by atoms with Gasteiger partial charge in [-0.2, -0.15) is 0 Å². The van der Waals surface area contributed by atoms with E-state index in [0.717, 1.165) is 6.42 Å². The van der Waals surface area contributed by atoms with Gasteiger partial charge < -0.3 is 15.0 Å². The Morgan fingerprint density at radius 2 is 2.06 bits per heavy atom. The highest BCUT2D eigenvalue weighted by atomic mass is 16.5. The molecule has 5 heteroatoms. The van der Waals surface area contributed by atoms with Crippen LogP contribution in [0.3, 0.4) is 0 Å². The van der Waals surface area contributed by atoms with Gasteiger partial charge in [-0.3, -0.25) is 9.59 Å². The lowest BCUT2D eigenvalue weighted by atomic mass is 9.94. The fourth-order valence-electron chi connectivity index (χ4n) is 1.88.